The lowest BCUT2D eigenvalue weighted by Crippen LogP contribution is -2.09. The summed E-state index contributed by atoms with van der Waals surface area (Å²) in [7, 11) is 0. The van der Waals surface area contributed by atoms with Gasteiger partial charge < -0.3 is 9.30 Å². The number of hydrogen-bond acceptors (Lipinski definition) is 2. The van der Waals surface area contributed by atoms with Crippen molar-refractivity contribution >= 4 is 46.4 Å². The van der Waals surface area contributed by atoms with Crippen molar-refractivity contribution in [2.24, 2.45) is 0 Å². The predicted molar refractivity (Wildman–Crippen MR) is 122 cm³/mol. The van der Waals surface area contributed by atoms with Gasteiger partial charge in [0.2, 0.25) is 0 Å². The zero-order valence-corrected chi connectivity index (χ0v) is 17.5. The fourth-order valence-electron chi connectivity index (χ4n) is 3.17. The first-order valence-corrected chi connectivity index (χ1v) is 10.1. The SMILES string of the molecule is Cc1ccc(OCCn2c(/C=C/c3c(Cl)cccc3Cl)nc3ccccc32)cc1. The number of fused-ring (bicyclic) bond motifs is 1. The molecule has 3 nitrogen and oxygen atoms in total. The molecule has 4 rings (SSSR count). The van der Waals surface area contributed by atoms with Crippen molar-refractivity contribution in [3.05, 3.63) is 93.7 Å². The second-order valence-corrected chi connectivity index (χ2v) is 7.55. The molecule has 0 aliphatic heterocycles. The second kappa shape index (κ2) is 8.73. The van der Waals surface area contributed by atoms with E-state index in [1.807, 2.05) is 72.8 Å². The topological polar surface area (TPSA) is 27.1 Å². The van der Waals surface area contributed by atoms with Crippen LogP contribution in [0.3, 0.4) is 0 Å². The summed E-state index contributed by atoms with van der Waals surface area (Å²) in [6.07, 6.45) is 3.85. The Balaban J connectivity index is 1.60. The van der Waals surface area contributed by atoms with E-state index in [1.165, 1.54) is 5.56 Å². The van der Waals surface area contributed by atoms with Crippen LogP contribution in [-0.2, 0) is 6.54 Å². The van der Waals surface area contributed by atoms with Gasteiger partial charge >= 0.3 is 0 Å². The van der Waals surface area contributed by atoms with Gasteiger partial charge in [-0.25, -0.2) is 4.98 Å². The Morgan fingerprint density at radius 3 is 2.38 bits per heavy atom. The van der Waals surface area contributed by atoms with Gasteiger partial charge in [-0.05, 0) is 55.5 Å². The minimum Gasteiger partial charge on any atom is -0.492 e. The Bertz CT molecular complexity index is 1140. The highest BCUT2D eigenvalue weighted by Gasteiger charge is 2.09. The molecule has 146 valence electrons. The molecule has 0 atom stereocenters. The molecule has 0 saturated carbocycles. The van der Waals surface area contributed by atoms with Crippen LogP contribution >= 0.6 is 23.2 Å². The molecule has 29 heavy (non-hydrogen) atoms. The molecule has 1 aromatic heterocycles. The molecular formula is C24H20Cl2N2O. The van der Waals surface area contributed by atoms with Crippen molar-refractivity contribution in [3.63, 3.8) is 0 Å². The van der Waals surface area contributed by atoms with Gasteiger partial charge in [0.25, 0.3) is 0 Å². The molecule has 5 heteroatoms. The number of para-hydroxylation sites is 2. The molecule has 0 unspecified atom stereocenters. The van der Waals surface area contributed by atoms with Gasteiger partial charge in [0.1, 0.15) is 18.2 Å². The molecule has 4 aromatic rings. The smallest absolute Gasteiger partial charge is 0.133 e. The number of hydrogen-bond donors (Lipinski definition) is 0. The van der Waals surface area contributed by atoms with Crippen LogP contribution in [-0.4, -0.2) is 16.2 Å². The fourth-order valence-corrected chi connectivity index (χ4v) is 3.70. The summed E-state index contributed by atoms with van der Waals surface area (Å²) in [5.74, 6) is 1.69. The van der Waals surface area contributed by atoms with Crippen molar-refractivity contribution in [2.75, 3.05) is 6.61 Å². The first-order valence-electron chi connectivity index (χ1n) is 9.38. The van der Waals surface area contributed by atoms with Crippen molar-refractivity contribution in [1.29, 1.82) is 0 Å². The van der Waals surface area contributed by atoms with Gasteiger partial charge in [0, 0.05) is 15.6 Å². The maximum atomic E-state index is 6.29. The number of rotatable bonds is 6. The Morgan fingerprint density at radius 2 is 1.62 bits per heavy atom. The van der Waals surface area contributed by atoms with E-state index in [9.17, 15) is 0 Å². The van der Waals surface area contributed by atoms with Crippen molar-refractivity contribution in [1.82, 2.24) is 9.55 Å². The Labute approximate surface area is 180 Å². The summed E-state index contributed by atoms with van der Waals surface area (Å²) >= 11 is 12.6. The summed E-state index contributed by atoms with van der Waals surface area (Å²) in [5.41, 5.74) is 3.99. The van der Waals surface area contributed by atoms with Crippen molar-refractivity contribution in [3.8, 4) is 5.75 Å². The Hall–Kier alpha value is -2.75. The van der Waals surface area contributed by atoms with Gasteiger partial charge in [0.15, 0.2) is 0 Å². The molecule has 0 N–H and O–H groups in total. The lowest BCUT2D eigenvalue weighted by atomic mass is 10.2. The lowest BCUT2D eigenvalue weighted by molar-refractivity contribution is 0.299. The van der Waals surface area contributed by atoms with E-state index in [-0.39, 0.29) is 0 Å². The average Bonchev–Trinajstić information content (AvgIpc) is 3.07. The fraction of sp³-hybridized carbons (Fsp3) is 0.125. The van der Waals surface area contributed by atoms with Crippen molar-refractivity contribution < 1.29 is 4.74 Å². The number of aromatic nitrogens is 2. The highest BCUT2D eigenvalue weighted by molar-refractivity contribution is 6.37. The van der Waals surface area contributed by atoms with Gasteiger partial charge in [0.05, 0.1) is 17.6 Å². The number of halogens is 2. The molecule has 0 fully saturated rings. The monoisotopic (exact) mass is 422 g/mol. The van der Waals surface area contributed by atoms with Gasteiger partial charge in [-0.3, -0.25) is 0 Å². The lowest BCUT2D eigenvalue weighted by Gasteiger charge is -2.10. The molecule has 0 saturated heterocycles. The third-order valence-corrected chi connectivity index (χ3v) is 5.35. The maximum absolute atomic E-state index is 6.29. The van der Waals surface area contributed by atoms with E-state index in [1.54, 1.807) is 0 Å². The van der Waals surface area contributed by atoms with Crippen LogP contribution in [0.5, 0.6) is 5.75 Å². The minimum atomic E-state index is 0.539. The number of imidazole rings is 1. The van der Waals surface area contributed by atoms with Gasteiger partial charge in [-0.2, -0.15) is 0 Å². The van der Waals surface area contributed by atoms with E-state index in [0.717, 1.165) is 28.2 Å². The highest BCUT2D eigenvalue weighted by Crippen LogP contribution is 2.27. The summed E-state index contributed by atoms with van der Waals surface area (Å²) in [5, 5.41) is 1.22. The Kier molecular flexibility index (Phi) is 5.89. The van der Waals surface area contributed by atoms with Gasteiger partial charge in [-0.15, -0.1) is 0 Å². The third kappa shape index (κ3) is 4.47. The molecule has 0 amide bonds. The predicted octanol–water partition coefficient (Wildman–Crippen LogP) is 6.90. The summed E-state index contributed by atoms with van der Waals surface area (Å²) in [6.45, 7) is 3.27. The van der Waals surface area contributed by atoms with E-state index in [0.29, 0.717) is 23.2 Å². The van der Waals surface area contributed by atoms with Crippen LogP contribution in [0.15, 0.2) is 66.7 Å². The van der Waals surface area contributed by atoms with Crippen LogP contribution in [0.4, 0.5) is 0 Å². The molecular weight excluding hydrogens is 403 g/mol. The minimum absolute atomic E-state index is 0.539. The quantitative estimate of drug-likeness (QED) is 0.337. The molecule has 0 aliphatic carbocycles. The van der Waals surface area contributed by atoms with Crippen LogP contribution in [0.2, 0.25) is 10.0 Å². The third-order valence-electron chi connectivity index (χ3n) is 4.69. The molecule has 0 bridgehead atoms. The molecule has 0 radical (unpaired) electrons. The first kappa shape index (κ1) is 19.6. The molecule has 0 aliphatic rings. The van der Waals surface area contributed by atoms with E-state index >= 15 is 0 Å². The summed E-state index contributed by atoms with van der Waals surface area (Å²) in [4.78, 5) is 4.76. The van der Waals surface area contributed by atoms with Crippen LogP contribution in [0, 0.1) is 6.92 Å². The van der Waals surface area contributed by atoms with Gasteiger partial charge in [-0.1, -0.05) is 59.1 Å². The molecule has 3 aromatic carbocycles. The highest BCUT2D eigenvalue weighted by atomic mass is 35.5. The van der Waals surface area contributed by atoms with Crippen LogP contribution in [0.25, 0.3) is 23.2 Å². The van der Waals surface area contributed by atoms with Crippen LogP contribution < -0.4 is 4.74 Å². The number of benzene rings is 3. The standard InChI is InChI=1S/C24H20Cl2N2O/c1-17-9-11-18(12-10-17)29-16-15-28-23-8-3-2-7-22(23)27-24(28)14-13-19-20(25)5-4-6-21(19)26/h2-14H,15-16H2,1H3/b14-13+. The maximum Gasteiger partial charge on any atom is 0.133 e. The van der Waals surface area contributed by atoms with Crippen molar-refractivity contribution in [2.45, 2.75) is 13.5 Å². The summed E-state index contributed by atoms with van der Waals surface area (Å²) in [6, 6.07) is 21.6. The average molecular weight is 423 g/mol. The number of nitrogens with zero attached hydrogens (tertiary/aromatic N) is 2. The second-order valence-electron chi connectivity index (χ2n) is 6.74. The first-order chi connectivity index (χ1) is 14.1. The molecule has 0 spiro atoms. The van der Waals surface area contributed by atoms with Crippen LogP contribution in [0.1, 0.15) is 17.0 Å². The Morgan fingerprint density at radius 1 is 0.897 bits per heavy atom. The van der Waals surface area contributed by atoms with E-state index < -0.39 is 0 Å². The number of aryl methyl sites for hydroxylation is 1. The zero-order chi connectivity index (χ0) is 20.2. The normalized spacial score (nSPS) is 11.4. The summed E-state index contributed by atoms with van der Waals surface area (Å²) < 4.78 is 8.07. The van der Waals surface area contributed by atoms with E-state index in [4.69, 9.17) is 32.9 Å². The molecule has 1 heterocycles. The largest absolute Gasteiger partial charge is 0.492 e. The van der Waals surface area contributed by atoms with E-state index in [2.05, 4.69) is 17.6 Å². The zero-order valence-electron chi connectivity index (χ0n) is 16.0. The number of ether oxygens (including phenoxy) is 1.